The van der Waals surface area contributed by atoms with Crippen LogP contribution in [0.15, 0.2) is 53.1 Å². The van der Waals surface area contributed by atoms with Crippen LogP contribution in [0.3, 0.4) is 0 Å². The number of rotatable bonds is 6. The summed E-state index contributed by atoms with van der Waals surface area (Å²) in [5, 5.41) is 3.00. The number of carbonyl (C=O) groups is 2. The lowest BCUT2D eigenvalue weighted by Gasteiger charge is -2.28. The predicted octanol–water partition coefficient (Wildman–Crippen LogP) is 2.53. The van der Waals surface area contributed by atoms with E-state index in [1.54, 1.807) is 17.0 Å². The van der Waals surface area contributed by atoms with Crippen molar-refractivity contribution in [2.45, 2.75) is 31.8 Å². The molecule has 0 radical (unpaired) electrons. The number of nitrogens with zero attached hydrogens (tertiary/aromatic N) is 2. The van der Waals surface area contributed by atoms with Crippen LogP contribution >= 0.6 is 0 Å². The fourth-order valence-corrected chi connectivity index (χ4v) is 3.24. The molecule has 0 bridgehead atoms. The molecule has 1 N–H and O–H groups in total. The van der Waals surface area contributed by atoms with Gasteiger partial charge in [-0.05, 0) is 44.0 Å². The van der Waals surface area contributed by atoms with E-state index in [-0.39, 0.29) is 23.6 Å². The molecular weight excluding hydrogens is 330 g/mol. The monoisotopic (exact) mass is 355 g/mol. The smallest absolute Gasteiger partial charge is 0.290 e. The van der Waals surface area contributed by atoms with Crippen molar-refractivity contribution in [3.8, 4) is 0 Å². The fraction of sp³-hybridized carbons (Fsp3) is 0.400. The van der Waals surface area contributed by atoms with E-state index in [1.807, 2.05) is 37.4 Å². The predicted molar refractivity (Wildman–Crippen MR) is 100 cm³/mol. The van der Waals surface area contributed by atoms with Gasteiger partial charge in [0.15, 0.2) is 5.76 Å². The maximum atomic E-state index is 12.6. The molecule has 3 rings (SSSR count). The van der Waals surface area contributed by atoms with Gasteiger partial charge in [0.25, 0.3) is 5.91 Å². The molecule has 2 atom stereocenters. The molecule has 2 heterocycles. The van der Waals surface area contributed by atoms with Gasteiger partial charge in [0.1, 0.15) is 6.04 Å². The number of likely N-dealkylation sites (tertiary alicyclic amines) is 1. The Morgan fingerprint density at radius 1 is 1.27 bits per heavy atom. The Bertz CT molecular complexity index is 730. The van der Waals surface area contributed by atoms with Gasteiger partial charge in [0, 0.05) is 31.9 Å². The number of benzene rings is 1. The third-order valence-corrected chi connectivity index (χ3v) is 4.94. The molecule has 2 aromatic rings. The second-order valence-corrected chi connectivity index (χ2v) is 6.67. The molecule has 6 nitrogen and oxygen atoms in total. The Balaban J connectivity index is 1.56. The Labute approximate surface area is 153 Å². The van der Waals surface area contributed by atoms with Gasteiger partial charge in [-0.2, -0.15) is 0 Å². The summed E-state index contributed by atoms with van der Waals surface area (Å²) in [6, 6.07) is 13.1. The standard InChI is InChI=1S/C20H25N3O3/c1-15(22(2)16-8-4-3-5-9-16)14-21-19(24)17-10-6-12-23(17)20(25)18-11-7-13-26-18/h3-5,7-9,11,13,15,17H,6,10,12,14H2,1-2H3,(H,21,24). The van der Waals surface area contributed by atoms with Crippen LogP contribution in [-0.4, -0.2) is 48.9 Å². The van der Waals surface area contributed by atoms with Crippen molar-refractivity contribution >= 4 is 17.5 Å². The SMILES string of the molecule is CC(CNC(=O)C1CCCN1C(=O)c1ccco1)N(C)c1ccccc1. The van der Waals surface area contributed by atoms with E-state index in [0.29, 0.717) is 19.5 Å². The maximum Gasteiger partial charge on any atom is 0.290 e. The lowest BCUT2D eigenvalue weighted by atomic mass is 10.2. The fourth-order valence-electron chi connectivity index (χ4n) is 3.24. The van der Waals surface area contributed by atoms with Gasteiger partial charge in [-0.15, -0.1) is 0 Å². The lowest BCUT2D eigenvalue weighted by molar-refractivity contribution is -0.124. The van der Waals surface area contributed by atoms with E-state index in [1.165, 1.54) is 6.26 Å². The van der Waals surface area contributed by atoms with Crippen molar-refractivity contribution < 1.29 is 14.0 Å². The summed E-state index contributed by atoms with van der Waals surface area (Å²) in [7, 11) is 2.01. The molecule has 1 aliphatic rings. The van der Waals surface area contributed by atoms with Gasteiger partial charge < -0.3 is 19.5 Å². The minimum Gasteiger partial charge on any atom is -0.459 e. The molecule has 138 valence electrons. The third-order valence-electron chi connectivity index (χ3n) is 4.94. The molecular formula is C20H25N3O3. The molecule has 1 aromatic heterocycles. The second-order valence-electron chi connectivity index (χ2n) is 6.67. The van der Waals surface area contributed by atoms with Gasteiger partial charge in [0.05, 0.1) is 6.26 Å². The van der Waals surface area contributed by atoms with Gasteiger partial charge in [0.2, 0.25) is 5.91 Å². The summed E-state index contributed by atoms with van der Waals surface area (Å²) < 4.78 is 5.18. The molecule has 26 heavy (non-hydrogen) atoms. The topological polar surface area (TPSA) is 65.8 Å². The first-order valence-corrected chi connectivity index (χ1v) is 8.98. The number of hydrogen-bond donors (Lipinski definition) is 1. The van der Waals surface area contributed by atoms with Crippen molar-refractivity contribution in [1.82, 2.24) is 10.2 Å². The van der Waals surface area contributed by atoms with Crippen LogP contribution in [0, 0.1) is 0 Å². The molecule has 1 saturated heterocycles. The van der Waals surface area contributed by atoms with E-state index in [0.717, 1.165) is 12.1 Å². The molecule has 1 aromatic carbocycles. The summed E-state index contributed by atoms with van der Waals surface area (Å²) in [6.45, 7) is 3.16. The average Bonchev–Trinajstić information content (AvgIpc) is 3.37. The van der Waals surface area contributed by atoms with Crippen LogP contribution in [0.2, 0.25) is 0 Å². The van der Waals surface area contributed by atoms with E-state index >= 15 is 0 Å². The van der Waals surface area contributed by atoms with Gasteiger partial charge >= 0.3 is 0 Å². The molecule has 1 fully saturated rings. The Hall–Kier alpha value is -2.76. The van der Waals surface area contributed by atoms with Crippen LogP contribution in [0.4, 0.5) is 5.69 Å². The van der Waals surface area contributed by atoms with Crippen molar-refractivity contribution in [2.75, 3.05) is 25.0 Å². The zero-order chi connectivity index (χ0) is 18.5. The molecule has 1 aliphatic heterocycles. The van der Waals surface area contributed by atoms with Crippen LogP contribution in [0.1, 0.15) is 30.3 Å². The molecule has 2 unspecified atom stereocenters. The molecule has 0 spiro atoms. The van der Waals surface area contributed by atoms with Crippen LogP contribution in [0.5, 0.6) is 0 Å². The van der Waals surface area contributed by atoms with Crippen LogP contribution < -0.4 is 10.2 Å². The highest BCUT2D eigenvalue weighted by molar-refractivity contribution is 5.96. The van der Waals surface area contributed by atoms with Crippen molar-refractivity contribution in [2.24, 2.45) is 0 Å². The molecule has 0 saturated carbocycles. The highest BCUT2D eigenvalue weighted by Crippen LogP contribution is 2.21. The number of hydrogen-bond acceptors (Lipinski definition) is 4. The second kappa shape index (κ2) is 8.08. The first-order chi connectivity index (χ1) is 12.6. The Morgan fingerprint density at radius 2 is 2.04 bits per heavy atom. The third kappa shape index (κ3) is 3.90. The minimum absolute atomic E-state index is 0.101. The summed E-state index contributed by atoms with van der Waals surface area (Å²) in [6.07, 6.45) is 2.98. The molecule has 2 amide bonds. The summed E-state index contributed by atoms with van der Waals surface area (Å²) in [4.78, 5) is 28.9. The average molecular weight is 355 g/mol. The zero-order valence-corrected chi connectivity index (χ0v) is 15.2. The highest BCUT2D eigenvalue weighted by atomic mass is 16.3. The maximum absolute atomic E-state index is 12.6. The first-order valence-electron chi connectivity index (χ1n) is 8.98. The summed E-state index contributed by atoms with van der Waals surface area (Å²) >= 11 is 0. The molecule has 0 aliphatic carbocycles. The largest absolute Gasteiger partial charge is 0.459 e. The first kappa shape index (κ1) is 18.0. The number of amides is 2. The highest BCUT2D eigenvalue weighted by Gasteiger charge is 2.35. The summed E-state index contributed by atoms with van der Waals surface area (Å²) in [5.74, 6) is -0.0419. The van der Waals surface area contributed by atoms with E-state index in [2.05, 4.69) is 17.1 Å². The number of para-hydroxylation sites is 1. The molecule has 6 heteroatoms. The number of carbonyl (C=O) groups excluding carboxylic acids is 2. The van der Waals surface area contributed by atoms with E-state index in [4.69, 9.17) is 4.42 Å². The number of nitrogens with one attached hydrogen (secondary N) is 1. The van der Waals surface area contributed by atoms with E-state index < -0.39 is 6.04 Å². The van der Waals surface area contributed by atoms with Gasteiger partial charge in [-0.1, -0.05) is 18.2 Å². The van der Waals surface area contributed by atoms with Gasteiger partial charge in [-0.25, -0.2) is 0 Å². The number of anilines is 1. The van der Waals surface area contributed by atoms with Gasteiger partial charge in [-0.3, -0.25) is 9.59 Å². The Morgan fingerprint density at radius 3 is 2.73 bits per heavy atom. The van der Waals surface area contributed by atoms with E-state index in [9.17, 15) is 9.59 Å². The zero-order valence-electron chi connectivity index (χ0n) is 15.2. The van der Waals surface area contributed by atoms with Crippen molar-refractivity contribution in [3.63, 3.8) is 0 Å². The Kier molecular flexibility index (Phi) is 5.61. The summed E-state index contributed by atoms with van der Waals surface area (Å²) in [5.41, 5.74) is 1.10. The van der Waals surface area contributed by atoms with Crippen LogP contribution in [0.25, 0.3) is 0 Å². The van der Waals surface area contributed by atoms with Crippen LogP contribution in [-0.2, 0) is 4.79 Å². The van der Waals surface area contributed by atoms with Crippen molar-refractivity contribution in [1.29, 1.82) is 0 Å². The normalized spacial score (nSPS) is 17.8. The quantitative estimate of drug-likeness (QED) is 0.865. The minimum atomic E-state index is -0.429. The number of likely N-dealkylation sites (N-methyl/N-ethyl adjacent to an activating group) is 1. The van der Waals surface area contributed by atoms with Crippen molar-refractivity contribution in [3.05, 3.63) is 54.5 Å². The number of furan rings is 1. The lowest BCUT2D eigenvalue weighted by Crippen LogP contribution is -2.49.